The van der Waals surface area contributed by atoms with Gasteiger partial charge in [0.15, 0.2) is 11.4 Å². The van der Waals surface area contributed by atoms with Crippen LogP contribution in [0.1, 0.15) is 56.4 Å². The molecule has 4 rings (SSSR count). The number of nitrogens with zero attached hydrogens (tertiary/aromatic N) is 1. The molecule has 6 atom stereocenters. The summed E-state index contributed by atoms with van der Waals surface area (Å²) in [5, 5.41) is 68.0. The first-order valence-corrected chi connectivity index (χ1v) is 12.4. The molecule has 3 aliphatic carbocycles. The maximum Gasteiger partial charge on any atom is 0.255 e. The van der Waals surface area contributed by atoms with Crippen LogP contribution in [0.15, 0.2) is 29.0 Å². The largest absolute Gasteiger partial charge is 0.508 e. The molecule has 1 saturated carbocycles. The van der Waals surface area contributed by atoms with Crippen LogP contribution < -0.4 is 5.73 Å². The minimum absolute atomic E-state index is 0.0446. The topological polar surface area (TPSA) is 202 Å². The molecule has 1 fully saturated rings. The quantitative estimate of drug-likeness (QED) is 0.263. The maximum absolute atomic E-state index is 13.9. The summed E-state index contributed by atoms with van der Waals surface area (Å²) >= 11 is 0. The van der Waals surface area contributed by atoms with Crippen LogP contribution in [0.5, 0.6) is 5.75 Å². The highest BCUT2D eigenvalue weighted by atomic mass is 16.4. The number of hydrogen-bond acceptors (Lipinski definition) is 10. The van der Waals surface area contributed by atoms with E-state index in [0.29, 0.717) is 12.0 Å². The molecule has 1 unspecified atom stereocenters. The summed E-state index contributed by atoms with van der Waals surface area (Å²) in [6.07, 6.45) is -2.02. The first-order valence-electron chi connectivity index (χ1n) is 12.4. The number of ketones is 2. The van der Waals surface area contributed by atoms with Gasteiger partial charge in [-0.05, 0) is 31.5 Å². The van der Waals surface area contributed by atoms with E-state index >= 15 is 0 Å². The summed E-state index contributed by atoms with van der Waals surface area (Å²) < 4.78 is 0. The number of carbonyl (C=O) groups excluding carboxylic acids is 3. The highest BCUT2D eigenvalue weighted by Crippen LogP contribution is 2.56. The molecule has 1 amide bonds. The van der Waals surface area contributed by atoms with Gasteiger partial charge in [0, 0.05) is 17.1 Å². The zero-order valence-corrected chi connectivity index (χ0v) is 21.9. The molecule has 0 radical (unpaired) electrons. The Kier molecular flexibility index (Phi) is 6.51. The number of primary amides is 1. The highest BCUT2D eigenvalue weighted by Gasteiger charge is 2.68. The van der Waals surface area contributed by atoms with Crippen molar-refractivity contribution >= 4 is 23.2 Å². The summed E-state index contributed by atoms with van der Waals surface area (Å²) in [6.45, 7) is 5.75. The molecule has 1 aromatic carbocycles. The summed E-state index contributed by atoms with van der Waals surface area (Å²) in [6, 6.07) is 1.62. The lowest BCUT2D eigenvalue weighted by molar-refractivity contribution is -0.174. The van der Waals surface area contributed by atoms with Gasteiger partial charge in [-0.1, -0.05) is 39.3 Å². The third kappa shape index (κ3) is 3.46. The number of carbonyl (C=O) groups is 3. The SMILES string of the molecule is CCCC(C)(C)c1ccc2c(c1O)C(O)=C1C(=O)[C@]3(O)C(O)=C(C(N)=O)C(=O)C(N(C)C)[C@@H]3[C@@H](O)[C@@H]1[C@H]2O. The number of benzene rings is 1. The van der Waals surface area contributed by atoms with E-state index in [2.05, 4.69) is 0 Å². The van der Waals surface area contributed by atoms with Gasteiger partial charge >= 0.3 is 0 Å². The van der Waals surface area contributed by atoms with Gasteiger partial charge in [-0.25, -0.2) is 0 Å². The Morgan fingerprint density at radius 2 is 1.74 bits per heavy atom. The van der Waals surface area contributed by atoms with Gasteiger partial charge in [0.25, 0.3) is 5.91 Å². The molecule has 0 bridgehead atoms. The van der Waals surface area contributed by atoms with Crippen molar-refractivity contribution in [2.45, 2.75) is 62.9 Å². The number of nitrogens with two attached hydrogens (primary N) is 1. The molecule has 206 valence electrons. The zero-order chi connectivity index (χ0) is 28.6. The van der Waals surface area contributed by atoms with Crippen molar-refractivity contribution in [1.29, 1.82) is 0 Å². The van der Waals surface area contributed by atoms with Crippen molar-refractivity contribution in [2.24, 2.45) is 17.6 Å². The molecule has 11 heteroatoms. The third-order valence-electron chi connectivity index (χ3n) is 8.36. The second kappa shape index (κ2) is 8.91. The lowest BCUT2D eigenvalue weighted by atomic mass is 9.55. The average Bonchev–Trinajstić information content (AvgIpc) is 2.80. The fourth-order valence-electron chi connectivity index (χ4n) is 6.59. The molecule has 3 aliphatic rings. The average molecular weight is 531 g/mol. The Morgan fingerprint density at radius 3 is 2.26 bits per heavy atom. The number of likely N-dealkylation sites (N-methyl/N-ethyl adjacent to an activating group) is 1. The van der Waals surface area contributed by atoms with Gasteiger partial charge in [0.1, 0.15) is 22.8 Å². The maximum atomic E-state index is 13.9. The van der Waals surface area contributed by atoms with Crippen molar-refractivity contribution < 1.29 is 45.0 Å². The number of fused-ring (bicyclic) bond motifs is 3. The minimum Gasteiger partial charge on any atom is -0.508 e. The zero-order valence-electron chi connectivity index (χ0n) is 21.9. The van der Waals surface area contributed by atoms with Crippen molar-refractivity contribution in [3.63, 3.8) is 0 Å². The molecule has 0 saturated heterocycles. The van der Waals surface area contributed by atoms with Gasteiger partial charge in [0.05, 0.1) is 29.7 Å². The number of aliphatic hydroxyl groups excluding tert-OH is 4. The fraction of sp³-hybridized carbons (Fsp3) is 0.519. The number of Topliss-reactive ketones (excluding diaryl/α,β-unsaturated/α-hetero) is 2. The molecule has 0 aliphatic heterocycles. The Hall–Kier alpha value is -3.25. The van der Waals surface area contributed by atoms with Crippen LogP contribution in [-0.2, 0) is 19.8 Å². The predicted molar refractivity (Wildman–Crippen MR) is 135 cm³/mol. The predicted octanol–water partition coefficient (Wildman–Crippen LogP) is 0.503. The molecule has 8 N–H and O–H groups in total. The van der Waals surface area contributed by atoms with E-state index in [4.69, 9.17) is 5.73 Å². The number of hydrogen-bond donors (Lipinski definition) is 7. The van der Waals surface area contributed by atoms with Crippen LogP contribution in [0, 0.1) is 11.8 Å². The summed E-state index contributed by atoms with van der Waals surface area (Å²) in [5.41, 5.74) is 0.357. The second-order valence-electron chi connectivity index (χ2n) is 11.3. The van der Waals surface area contributed by atoms with E-state index in [1.807, 2.05) is 20.8 Å². The molecular formula is C27H34N2O9. The van der Waals surface area contributed by atoms with Crippen LogP contribution in [0.25, 0.3) is 5.76 Å². The lowest BCUT2D eigenvalue weighted by Crippen LogP contribution is -2.70. The van der Waals surface area contributed by atoms with Crippen LogP contribution in [0.3, 0.4) is 0 Å². The van der Waals surface area contributed by atoms with E-state index in [-0.39, 0.29) is 16.9 Å². The number of phenols is 1. The number of aromatic hydroxyl groups is 1. The molecule has 0 spiro atoms. The molecular weight excluding hydrogens is 496 g/mol. The van der Waals surface area contributed by atoms with E-state index < -0.39 is 81.2 Å². The number of rotatable bonds is 5. The van der Waals surface area contributed by atoms with Gasteiger partial charge in [-0.3, -0.25) is 19.3 Å². The Labute approximate surface area is 219 Å². The second-order valence-corrected chi connectivity index (χ2v) is 11.3. The van der Waals surface area contributed by atoms with E-state index in [0.717, 1.165) is 6.42 Å². The molecule has 11 nitrogen and oxygen atoms in total. The van der Waals surface area contributed by atoms with Crippen molar-refractivity contribution in [2.75, 3.05) is 14.1 Å². The molecule has 0 aromatic heterocycles. The highest BCUT2D eigenvalue weighted by molar-refractivity contribution is 6.24. The number of aliphatic hydroxyl groups is 5. The summed E-state index contributed by atoms with van der Waals surface area (Å²) in [5.74, 6) is -9.46. The van der Waals surface area contributed by atoms with Crippen LogP contribution in [-0.4, -0.2) is 84.9 Å². The first-order chi connectivity index (χ1) is 17.5. The van der Waals surface area contributed by atoms with Gasteiger partial charge in [-0.2, -0.15) is 0 Å². The van der Waals surface area contributed by atoms with Crippen molar-refractivity contribution in [3.05, 3.63) is 45.7 Å². The van der Waals surface area contributed by atoms with Crippen LogP contribution >= 0.6 is 0 Å². The Morgan fingerprint density at radius 1 is 1.13 bits per heavy atom. The van der Waals surface area contributed by atoms with Crippen molar-refractivity contribution in [1.82, 2.24) is 4.90 Å². The summed E-state index contributed by atoms with van der Waals surface area (Å²) in [7, 11) is 2.82. The van der Waals surface area contributed by atoms with Crippen LogP contribution in [0.4, 0.5) is 0 Å². The molecule has 38 heavy (non-hydrogen) atoms. The van der Waals surface area contributed by atoms with E-state index in [1.54, 1.807) is 6.07 Å². The van der Waals surface area contributed by atoms with E-state index in [9.17, 15) is 45.0 Å². The summed E-state index contributed by atoms with van der Waals surface area (Å²) in [4.78, 5) is 40.4. The fourth-order valence-corrected chi connectivity index (χ4v) is 6.59. The van der Waals surface area contributed by atoms with E-state index in [1.165, 1.54) is 25.1 Å². The standard InChI is InChI=1S/C27H34N2O9/c1-6-9-26(2,3)11-8-7-10-12(19(11)31)20(32)14-13(18(10)30)21(33)16-17(29(4)5)22(34)15(25(28)37)24(36)27(16,38)23(14)35/h7-8,13,16-18,21,30-33,36,38H,6,9H2,1-5H3,(H2,28,37)/t13-,16+,17?,18-,21-,27-/m0/s1. The third-order valence-corrected chi connectivity index (χ3v) is 8.36. The Balaban J connectivity index is 2.03. The smallest absolute Gasteiger partial charge is 0.255 e. The van der Waals surface area contributed by atoms with Gasteiger partial charge in [0.2, 0.25) is 5.78 Å². The van der Waals surface area contributed by atoms with Crippen LogP contribution in [0.2, 0.25) is 0 Å². The monoisotopic (exact) mass is 530 g/mol. The number of amides is 1. The Bertz CT molecular complexity index is 1310. The normalized spacial score (nSPS) is 31.3. The van der Waals surface area contributed by atoms with Gasteiger partial charge in [-0.15, -0.1) is 0 Å². The van der Waals surface area contributed by atoms with Crippen molar-refractivity contribution in [3.8, 4) is 5.75 Å². The first kappa shape index (κ1) is 27.8. The molecule has 0 heterocycles. The number of phenolic OH excluding ortho intramolecular Hbond substituents is 1. The molecule has 1 aromatic rings. The lowest BCUT2D eigenvalue weighted by Gasteiger charge is -2.53. The van der Waals surface area contributed by atoms with Gasteiger partial charge < -0.3 is 36.4 Å². The minimum atomic E-state index is -3.03.